The zero-order valence-corrected chi connectivity index (χ0v) is 13.6. The molecule has 1 atom stereocenters. The number of para-hydroxylation sites is 1. The lowest BCUT2D eigenvalue weighted by Gasteiger charge is -2.22. The molecule has 0 radical (unpaired) electrons. The molecule has 124 valence electrons. The molecule has 0 aliphatic carbocycles. The molecule has 0 aromatic heterocycles. The van der Waals surface area contributed by atoms with Gasteiger partial charge in [-0.15, -0.1) is 0 Å². The first-order valence-corrected chi connectivity index (χ1v) is 7.80. The minimum atomic E-state index is -0.706. The number of carbonyl (C=O) groups excluding carboxylic acids is 2. The van der Waals surface area contributed by atoms with Gasteiger partial charge in [-0.1, -0.05) is 24.3 Å². The van der Waals surface area contributed by atoms with Crippen LogP contribution in [-0.2, 0) is 16.0 Å². The molecule has 0 N–H and O–H groups in total. The molecule has 1 amide bonds. The van der Waals surface area contributed by atoms with Crippen molar-refractivity contribution in [2.45, 2.75) is 26.3 Å². The molecule has 0 fully saturated rings. The van der Waals surface area contributed by atoms with E-state index in [9.17, 15) is 14.0 Å². The van der Waals surface area contributed by atoms with Gasteiger partial charge in [-0.05, 0) is 49.6 Å². The predicted molar refractivity (Wildman–Crippen MR) is 88.5 cm³/mol. The van der Waals surface area contributed by atoms with E-state index in [0.717, 1.165) is 23.7 Å². The van der Waals surface area contributed by atoms with E-state index in [1.807, 2.05) is 31.2 Å². The molecular weight excluding hydrogens is 309 g/mol. The summed E-state index contributed by atoms with van der Waals surface area (Å²) in [5.41, 5.74) is 2.50. The third kappa shape index (κ3) is 3.02. The van der Waals surface area contributed by atoms with Crippen molar-refractivity contribution in [3.63, 3.8) is 0 Å². The van der Waals surface area contributed by atoms with Crippen molar-refractivity contribution in [2.24, 2.45) is 0 Å². The van der Waals surface area contributed by atoms with Crippen molar-refractivity contribution in [1.29, 1.82) is 0 Å². The molecule has 1 heterocycles. The topological polar surface area (TPSA) is 46.6 Å². The molecule has 0 unspecified atom stereocenters. The van der Waals surface area contributed by atoms with Crippen LogP contribution >= 0.6 is 0 Å². The number of nitrogens with zero attached hydrogens (tertiary/aromatic N) is 1. The van der Waals surface area contributed by atoms with Gasteiger partial charge < -0.3 is 9.64 Å². The van der Waals surface area contributed by atoms with E-state index < -0.39 is 11.8 Å². The Balaban J connectivity index is 1.67. The molecule has 0 spiro atoms. The van der Waals surface area contributed by atoms with Gasteiger partial charge in [0.1, 0.15) is 5.82 Å². The molecule has 5 heteroatoms. The summed E-state index contributed by atoms with van der Waals surface area (Å²) in [6.07, 6.45) is 0.777. The quantitative estimate of drug-likeness (QED) is 0.813. The van der Waals surface area contributed by atoms with Crippen molar-refractivity contribution in [3.05, 3.63) is 65.0 Å². The van der Waals surface area contributed by atoms with Gasteiger partial charge in [-0.3, -0.25) is 4.79 Å². The van der Waals surface area contributed by atoms with E-state index in [2.05, 4.69) is 0 Å². The highest BCUT2D eigenvalue weighted by Crippen LogP contribution is 2.31. The van der Waals surface area contributed by atoms with Gasteiger partial charge in [0.15, 0.2) is 6.61 Å². The molecule has 0 saturated heterocycles. The van der Waals surface area contributed by atoms with E-state index in [0.29, 0.717) is 5.56 Å². The number of esters is 1. The Kier molecular flexibility index (Phi) is 4.34. The SMILES string of the molecule is Cc1ccc(C(=O)OCC(=O)N2c3ccccc3C[C@@H]2C)cc1F. The fourth-order valence-corrected chi connectivity index (χ4v) is 2.95. The molecule has 4 nitrogen and oxygen atoms in total. The first-order chi connectivity index (χ1) is 11.5. The second kappa shape index (κ2) is 6.43. The molecule has 1 aliphatic heterocycles. The number of halogens is 1. The van der Waals surface area contributed by atoms with E-state index in [1.165, 1.54) is 12.1 Å². The van der Waals surface area contributed by atoms with E-state index >= 15 is 0 Å². The van der Waals surface area contributed by atoms with Crippen LogP contribution in [0.1, 0.15) is 28.4 Å². The van der Waals surface area contributed by atoms with Gasteiger partial charge in [0.05, 0.1) is 5.56 Å². The van der Waals surface area contributed by atoms with Crippen molar-refractivity contribution in [1.82, 2.24) is 0 Å². The highest BCUT2D eigenvalue weighted by Gasteiger charge is 2.31. The Morgan fingerprint density at radius 1 is 1.25 bits per heavy atom. The van der Waals surface area contributed by atoms with E-state index in [4.69, 9.17) is 4.74 Å². The zero-order chi connectivity index (χ0) is 17.3. The van der Waals surface area contributed by atoms with Crippen LogP contribution in [0.15, 0.2) is 42.5 Å². The third-order valence-electron chi connectivity index (χ3n) is 4.21. The Morgan fingerprint density at radius 3 is 2.75 bits per heavy atom. The lowest BCUT2D eigenvalue weighted by atomic mass is 10.1. The van der Waals surface area contributed by atoms with Crippen LogP contribution in [0.4, 0.5) is 10.1 Å². The van der Waals surface area contributed by atoms with Crippen LogP contribution in [0.3, 0.4) is 0 Å². The Bertz CT molecular complexity index is 803. The number of rotatable bonds is 3. The molecule has 2 aromatic rings. The number of amides is 1. The number of fused-ring (bicyclic) bond motifs is 1. The van der Waals surface area contributed by atoms with E-state index in [-0.39, 0.29) is 24.1 Å². The highest BCUT2D eigenvalue weighted by atomic mass is 19.1. The van der Waals surface area contributed by atoms with Gasteiger partial charge >= 0.3 is 5.97 Å². The van der Waals surface area contributed by atoms with Crippen LogP contribution < -0.4 is 4.90 Å². The van der Waals surface area contributed by atoms with Crippen molar-refractivity contribution in [2.75, 3.05) is 11.5 Å². The number of ether oxygens (including phenoxy) is 1. The standard InChI is InChI=1S/C19H18FNO3/c1-12-7-8-15(10-16(12)20)19(23)24-11-18(22)21-13(2)9-14-5-3-4-6-17(14)21/h3-8,10,13H,9,11H2,1-2H3/t13-/m0/s1. The predicted octanol–water partition coefficient (Wildman–Crippen LogP) is 3.27. The smallest absolute Gasteiger partial charge is 0.338 e. The van der Waals surface area contributed by atoms with Gasteiger partial charge in [-0.25, -0.2) is 9.18 Å². The molecule has 24 heavy (non-hydrogen) atoms. The summed E-state index contributed by atoms with van der Waals surface area (Å²) >= 11 is 0. The number of carbonyl (C=O) groups is 2. The summed E-state index contributed by atoms with van der Waals surface area (Å²) in [6.45, 7) is 3.20. The summed E-state index contributed by atoms with van der Waals surface area (Å²) in [6, 6.07) is 11.8. The fourth-order valence-electron chi connectivity index (χ4n) is 2.95. The summed E-state index contributed by atoms with van der Waals surface area (Å²) in [5, 5.41) is 0. The van der Waals surface area contributed by atoms with Crippen LogP contribution in [0.5, 0.6) is 0 Å². The Hall–Kier alpha value is -2.69. The second-order valence-electron chi connectivity index (χ2n) is 5.99. The van der Waals surface area contributed by atoms with Crippen LogP contribution in [-0.4, -0.2) is 24.5 Å². The summed E-state index contributed by atoms with van der Waals surface area (Å²) < 4.78 is 18.6. The van der Waals surface area contributed by atoms with Gasteiger partial charge in [0.25, 0.3) is 5.91 Å². The summed E-state index contributed by atoms with van der Waals surface area (Å²) in [5.74, 6) is -1.46. The number of hydrogen-bond donors (Lipinski definition) is 0. The number of anilines is 1. The lowest BCUT2D eigenvalue weighted by Crippen LogP contribution is -2.38. The second-order valence-corrected chi connectivity index (χ2v) is 5.99. The summed E-state index contributed by atoms with van der Waals surface area (Å²) in [7, 11) is 0. The largest absolute Gasteiger partial charge is 0.452 e. The van der Waals surface area contributed by atoms with E-state index in [1.54, 1.807) is 11.8 Å². The average Bonchev–Trinajstić information content (AvgIpc) is 2.90. The third-order valence-corrected chi connectivity index (χ3v) is 4.21. The molecule has 0 saturated carbocycles. The highest BCUT2D eigenvalue weighted by molar-refractivity contribution is 5.99. The van der Waals surface area contributed by atoms with Crippen LogP contribution in [0.2, 0.25) is 0 Å². The maximum atomic E-state index is 13.5. The number of aryl methyl sites for hydroxylation is 1. The van der Waals surface area contributed by atoms with Crippen LogP contribution in [0.25, 0.3) is 0 Å². The molecule has 0 bridgehead atoms. The fraction of sp³-hybridized carbons (Fsp3) is 0.263. The molecule has 3 rings (SSSR count). The van der Waals surface area contributed by atoms with Crippen molar-refractivity contribution < 1.29 is 18.7 Å². The molecule has 1 aliphatic rings. The Morgan fingerprint density at radius 2 is 2.00 bits per heavy atom. The van der Waals surface area contributed by atoms with Gasteiger partial charge in [-0.2, -0.15) is 0 Å². The first kappa shape index (κ1) is 16.2. The minimum Gasteiger partial charge on any atom is -0.452 e. The first-order valence-electron chi connectivity index (χ1n) is 7.80. The lowest BCUT2D eigenvalue weighted by molar-refractivity contribution is -0.122. The van der Waals surface area contributed by atoms with Crippen LogP contribution in [0, 0.1) is 12.7 Å². The average molecular weight is 327 g/mol. The maximum Gasteiger partial charge on any atom is 0.338 e. The summed E-state index contributed by atoms with van der Waals surface area (Å²) in [4.78, 5) is 26.1. The van der Waals surface area contributed by atoms with Crippen molar-refractivity contribution in [3.8, 4) is 0 Å². The van der Waals surface area contributed by atoms with Crippen molar-refractivity contribution >= 4 is 17.6 Å². The number of benzene rings is 2. The minimum absolute atomic E-state index is 0.0189. The van der Waals surface area contributed by atoms with Gasteiger partial charge in [0.2, 0.25) is 0 Å². The monoisotopic (exact) mass is 327 g/mol. The molecule has 2 aromatic carbocycles. The maximum absolute atomic E-state index is 13.5. The Labute approximate surface area is 139 Å². The normalized spacial score (nSPS) is 16.0. The zero-order valence-electron chi connectivity index (χ0n) is 13.6. The molecular formula is C19H18FNO3. The van der Waals surface area contributed by atoms with Gasteiger partial charge in [0, 0.05) is 11.7 Å². The number of hydrogen-bond acceptors (Lipinski definition) is 3.